The monoisotopic (exact) mass is 341 g/mol. The largest absolute Gasteiger partial charge is 0.490 e. The number of rotatable bonds is 5. The number of para-hydroxylation sites is 1. The summed E-state index contributed by atoms with van der Waals surface area (Å²) in [6.07, 6.45) is 2.32. The Morgan fingerprint density at radius 1 is 1.28 bits per heavy atom. The zero-order chi connectivity index (χ0) is 17.9. The highest BCUT2D eigenvalue weighted by molar-refractivity contribution is 5.90. The number of carbonyl (C=O) groups excluding carboxylic acids is 1. The van der Waals surface area contributed by atoms with E-state index >= 15 is 0 Å². The number of nitrogens with zero attached hydrogens (tertiary/aromatic N) is 3. The van der Waals surface area contributed by atoms with Gasteiger partial charge in [0.05, 0.1) is 6.54 Å². The minimum absolute atomic E-state index is 0.168. The Morgan fingerprint density at radius 3 is 2.80 bits per heavy atom. The molecule has 1 saturated heterocycles. The molecular weight excluding hydrogens is 318 g/mol. The van der Waals surface area contributed by atoms with Crippen molar-refractivity contribution in [1.29, 1.82) is 0 Å². The maximum atomic E-state index is 12.6. The molecule has 1 aromatic carbocycles. The molecule has 0 bridgehead atoms. The number of aryl methyl sites for hydroxylation is 2. The first kappa shape index (κ1) is 17.4. The van der Waals surface area contributed by atoms with Crippen molar-refractivity contribution in [2.75, 3.05) is 26.8 Å². The van der Waals surface area contributed by atoms with Crippen LogP contribution < -0.4 is 4.74 Å². The van der Waals surface area contributed by atoms with Crippen LogP contribution in [0.3, 0.4) is 0 Å². The van der Waals surface area contributed by atoms with Crippen LogP contribution in [0.5, 0.6) is 5.75 Å². The zero-order valence-electron chi connectivity index (χ0n) is 14.9. The molecule has 2 aromatic rings. The van der Waals surface area contributed by atoms with Crippen molar-refractivity contribution in [3.8, 4) is 5.75 Å². The van der Waals surface area contributed by atoms with E-state index in [4.69, 9.17) is 9.47 Å². The number of ether oxygens (including phenoxy) is 2. The van der Waals surface area contributed by atoms with Crippen molar-refractivity contribution in [3.63, 3.8) is 0 Å². The molecule has 0 radical (unpaired) electrons. The van der Waals surface area contributed by atoms with Gasteiger partial charge in [-0.2, -0.15) is 0 Å². The predicted octanol–water partition coefficient (Wildman–Crippen LogP) is 2.40. The van der Waals surface area contributed by atoms with Gasteiger partial charge in [-0.15, -0.1) is 0 Å². The maximum absolute atomic E-state index is 12.6. The number of likely N-dealkylation sites (tertiary alicyclic amines) is 1. The van der Waals surface area contributed by atoms with Crippen LogP contribution in [-0.2, 0) is 4.74 Å². The Bertz CT molecular complexity index is 765. The summed E-state index contributed by atoms with van der Waals surface area (Å²) < 4.78 is 11.7. The topological polar surface area (TPSA) is 64.6 Å². The Kier molecular flexibility index (Phi) is 4.99. The summed E-state index contributed by atoms with van der Waals surface area (Å²) >= 11 is 0. The first-order valence-electron chi connectivity index (χ1n) is 8.35. The lowest BCUT2D eigenvalue weighted by molar-refractivity contribution is -0.0344. The Hall–Kier alpha value is -2.47. The molecule has 1 aliphatic rings. The highest BCUT2D eigenvalue weighted by Gasteiger charge is 2.42. The lowest BCUT2D eigenvalue weighted by atomic mass is 10.0. The first-order valence-corrected chi connectivity index (χ1v) is 8.35. The van der Waals surface area contributed by atoms with Crippen LogP contribution in [-0.4, -0.2) is 53.2 Å². The molecule has 132 valence electrons. The fourth-order valence-electron chi connectivity index (χ4n) is 2.98. The van der Waals surface area contributed by atoms with Gasteiger partial charge in [-0.05, 0) is 38.0 Å². The van der Waals surface area contributed by atoms with Crippen molar-refractivity contribution in [2.45, 2.75) is 25.9 Å². The summed E-state index contributed by atoms with van der Waals surface area (Å²) in [7, 11) is 1.67. The van der Waals surface area contributed by atoms with Gasteiger partial charge >= 0.3 is 0 Å². The van der Waals surface area contributed by atoms with Gasteiger partial charge in [-0.25, -0.2) is 9.97 Å². The normalized spacial score (nSPS) is 19.9. The maximum Gasteiger partial charge on any atom is 0.291 e. The van der Waals surface area contributed by atoms with Crippen molar-refractivity contribution >= 4 is 5.91 Å². The molecule has 25 heavy (non-hydrogen) atoms. The molecule has 1 aromatic heterocycles. The third-order valence-corrected chi connectivity index (χ3v) is 4.61. The van der Waals surface area contributed by atoms with E-state index in [0.29, 0.717) is 26.1 Å². The van der Waals surface area contributed by atoms with E-state index in [-0.39, 0.29) is 11.7 Å². The molecule has 0 saturated carbocycles. The van der Waals surface area contributed by atoms with E-state index in [0.717, 1.165) is 17.0 Å². The van der Waals surface area contributed by atoms with Crippen molar-refractivity contribution in [1.82, 2.24) is 14.9 Å². The van der Waals surface area contributed by atoms with Gasteiger partial charge in [0.2, 0.25) is 5.82 Å². The molecule has 6 heteroatoms. The van der Waals surface area contributed by atoms with E-state index < -0.39 is 5.60 Å². The van der Waals surface area contributed by atoms with Gasteiger partial charge in [-0.1, -0.05) is 18.2 Å². The third-order valence-electron chi connectivity index (χ3n) is 4.61. The minimum atomic E-state index is -0.512. The standard InChI is InChI=1S/C19H23N3O3/c1-14-6-4-5-7-16(14)25-13-19(24-3)9-11-22(12-19)18(23)17-20-10-8-15(2)21-17/h4-8,10H,9,11-13H2,1-3H3. The van der Waals surface area contributed by atoms with Gasteiger partial charge in [0, 0.05) is 25.5 Å². The van der Waals surface area contributed by atoms with Gasteiger partial charge in [0.1, 0.15) is 18.0 Å². The molecule has 1 aliphatic heterocycles. The number of benzene rings is 1. The smallest absolute Gasteiger partial charge is 0.291 e. The Balaban J connectivity index is 1.68. The van der Waals surface area contributed by atoms with Gasteiger partial charge in [0.25, 0.3) is 5.91 Å². The summed E-state index contributed by atoms with van der Waals surface area (Å²) in [5.74, 6) is 0.899. The van der Waals surface area contributed by atoms with E-state index in [1.165, 1.54) is 0 Å². The van der Waals surface area contributed by atoms with Crippen LogP contribution in [0.15, 0.2) is 36.5 Å². The second-order valence-electron chi connectivity index (χ2n) is 6.44. The summed E-state index contributed by atoms with van der Waals surface area (Å²) in [4.78, 5) is 22.7. The molecule has 0 N–H and O–H groups in total. The minimum Gasteiger partial charge on any atom is -0.490 e. The number of hydrogen-bond donors (Lipinski definition) is 0. The number of hydrogen-bond acceptors (Lipinski definition) is 5. The van der Waals surface area contributed by atoms with Crippen molar-refractivity contribution in [2.24, 2.45) is 0 Å². The zero-order valence-corrected chi connectivity index (χ0v) is 14.9. The SMILES string of the molecule is COC1(COc2ccccc2C)CCN(C(=O)c2nccc(C)n2)C1. The highest BCUT2D eigenvalue weighted by Crippen LogP contribution is 2.28. The summed E-state index contributed by atoms with van der Waals surface area (Å²) in [6, 6.07) is 9.65. The molecule has 0 spiro atoms. The van der Waals surface area contributed by atoms with Crippen LogP contribution in [0, 0.1) is 13.8 Å². The Labute approximate surface area is 147 Å². The first-order chi connectivity index (χ1) is 12.0. The fourth-order valence-corrected chi connectivity index (χ4v) is 2.98. The van der Waals surface area contributed by atoms with Crippen molar-refractivity contribution in [3.05, 3.63) is 53.6 Å². The van der Waals surface area contributed by atoms with Crippen molar-refractivity contribution < 1.29 is 14.3 Å². The molecule has 6 nitrogen and oxygen atoms in total. The quantitative estimate of drug-likeness (QED) is 0.835. The van der Waals surface area contributed by atoms with E-state index in [1.54, 1.807) is 24.3 Å². The number of methoxy groups -OCH3 is 1. The number of amides is 1. The van der Waals surface area contributed by atoms with Crippen LogP contribution in [0.4, 0.5) is 0 Å². The fraction of sp³-hybridized carbons (Fsp3) is 0.421. The van der Waals surface area contributed by atoms with Crippen LogP contribution in [0.25, 0.3) is 0 Å². The van der Waals surface area contributed by atoms with Crippen LogP contribution in [0.1, 0.15) is 28.3 Å². The molecule has 1 fully saturated rings. The molecule has 0 aliphatic carbocycles. The average Bonchev–Trinajstić information content (AvgIpc) is 3.05. The van der Waals surface area contributed by atoms with Crippen LogP contribution >= 0.6 is 0 Å². The van der Waals surface area contributed by atoms with Gasteiger partial charge in [-0.3, -0.25) is 4.79 Å². The molecule has 3 rings (SSSR count). The summed E-state index contributed by atoms with van der Waals surface area (Å²) in [5, 5.41) is 0. The van der Waals surface area contributed by atoms with E-state index in [9.17, 15) is 4.79 Å². The van der Waals surface area contributed by atoms with Gasteiger partial charge in [0.15, 0.2) is 0 Å². The van der Waals surface area contributed by atoms with Gasteiger partial charge < -0.3 is 14.4 Å². The van der Waals surface area contributed by atoms with Crippen LogP contribution in [0.2, 0.25) is 0 Å². The Morgan fingerprint density at radius 2 is 2.08 bits per heavy atom. The number of carbonyl (C=O) groups is 1. The van der Waals surface area contributed by atoms with E-state index in [2.05, 4.69) is 9.97 Å². The molecular formula is C19H23N3O3. The summed E-state index contributed by atoms with van der Waals surface area (Å²) in [5.41, 5.74) is 1.34. The molecule has 1 atom stereocenters. The summed E-state index contributed by atoms with van der Waals surface area (Å²) in [6.45, 7) is 5.31. The molecule has 1 unspecified atom stereocenters. The highest BCUT2D eigenvalue weighted by atomic mass is 16.5. The second-order valence-corrected chi connectivity index (χ2v) is 6.44. The lowest BCUT2D eigenvalue weighted by Crippen LogP contribution is -2.42. The van der Waals surface area contributed by atoms with E-state index in [1.807, 2.05) is 38.1 Å². The average molecular weight is 341 g/mol. The molecule has 1 amide bonds. The lowest BCUT2D eigenvalue weighted by Gasteiger charge is -2.28. The predicted molar refractivity (Wildman–Crippen MR) is 93.7 cm³/mol. The third kappa shape index (κ3) is 3.79. The number of aromatic nitrogens is 2. The second kappa shape index (κ2) is 7.19. The molecule has 2 heterocycles.